The molecule has 0 spiro atoms. The third-order valence-corrected chi connectivity index (χ3v) is 4.99. The largest absolute Gasteiger partial charge is 0.406 e. The number of aryl methyl sites for hydroxylation is 1. The van der Waals surface area contributed by atoms with Gasteiger partial charge in [0.1, 0.15) is 12.7 Å². The molecular formula is C21H19F3N4O. The number of fused-ring (bicyclic) bond motifs is 1. The van der Waals surface area contributed by atoms with Gasteiger partial charge in [0.15, 0.2) is 0 Å². The molecule has 4 rings (SSSR count). The molecule has 150 valence electrons. The molecule has 0 radical (unpaired) electrons. The van der Waals surface area contributed by atoms with Gasteiger partial charge in [-0.1, -0.05) is 30.3 Å². The zero-order valence-electron chi connectivity index (χ0n) is 15.9. The SMILES string of the molecule is Cc1nn(-c2ccccc2)c(C)c1[C@H]1Nc2ccccc2C(=O)N1CC(F)(F)F. The summed E-state index contributed by atoms with van der Waals surface area (Å²) in [7, 11) is 0. The van der Waals surface area contributed by atoms with Crippen molar-refractivity contribution in [3.63, 3.8) is 0 Å². The summed E-state index contributed by atoms with van der Waals surface area (Å²) in [6.07, 6.45) is -5.50. The molecule has 0 bridgehead atoms. The summed E-state index contributed by atoms with van der Waals surface area (Å²) in [5.41, 5.74) is 3.31. The fourth-order valence-corrected chi connectivity index (χ4v) is 3.75. The normalized spacial score (nSPS) is 16.5. The maximum atomic E-state index is 13.3. The van der Waals surface area contributed by atoms with E-state index in [4.69, 9.17) is 0 Å². The van der Waals surface area contributed by atoms with E-state index >= 15 is 0 Å². The van der Waals surface area contributed by atoms with E-state index in [1.54, 1.807) is 36.7 Å². The van der Waals surface area contributed by atoms with Gasteiger partial charge in [0.2, 0.25) is 0 Å². The van der Waals surface area contributed by atoms with Gasteiger partial charge in [0.25, 0.3) is 5.91 Å². The van der Waals surface area contributed by atoms with Gasteiger partial charge in [0, 0.05) is 16.9 Å². The van der Waals surface area contributed by atoms with Crippen LogP contribution >= 0.6 is 0 Å². The minimum atomic E-state index is -4.53. The van der Waals surface area contributed by atoms with Crippen molar-refractivity contribution in [2.24, 2.45) is 0 Å². The molecule has 0 aliphatic carbocycles. The third-order valence-electron chi connectivity index (χ3n) is 4.99. The van der Waals surface area contributed by atoms with Crippen LogP contribution in [0.25, 0.3) is 5.69 Å². The van der Waals surface area contributed by atoms with E-state index in [-0.39, 0.29) is 5.56 Å². The summed E-state index contributed by atoms with van der Waals surface area (Å²) in [5, 5.41) is 7.64. The van der Waals surface area contributed by atoms with Crippen molar-refractivity contribution in [3.8, 4) is 5.69 Å². The minimum absolute atomic E-state index is 0.221. The topological polar surface area (TPSA) is 50.2 Å². The summed E-state index contributed by atoms with van der Waals surface area (Å²) in [5.74, 6) is -0.659. The molecule has 0 unspecified atom stereocenters. The van der Waals surface area contributed by atoms with Crippen LogP contribution in [0.3, 0.4) is 0 Å². The molecule has 1 N–H and O–H groups in total. The highest BCUT2D eigenvalue weighted by molar-refractivity contribution is 6.01. The number of amides is 1. The van der Waals surface area contributed by atoms with Crippen molar-refractivity contribution >= 4 is 11.6 Å². The molecule has 0 saturated carbocycles. The Morgan fingerprint density at radius 3 is 2.38 bits per heavy atom. The molecule has 1 aliphatic rings. The standard InChI is InChI=1S/C21H19F3N4O/c1-13-18(14(2)28(26-13)15-8-4-3-5-9-15)19-25-17-11-7-6-10-16(17)20(29)27(19)12-21(22,23)24/h3-11,19,25H,12H2,1-2H3/t19-/m0/s1. The summed E-state index contributed by atoms with van der Waals surface area (Å²) in [6.45, 7) is 2.17. The molecule has 2 aromatic carbocycles. The summed E-state index contributed by atoms with van der Waals surface area (Å²) in [6, 6.07) is 15.9. The monoisotopic (exact) mass is 400 g/mol. The van der Waals surface area contributed by atoms with Gasteiger partial charge in [0.05, 0.1) is 16.9 Å². The predicted molar refractivity (Wildman–Crippen MR) is 103 cm³/mol. The lowest BCUT2D eigenvalue weighted by atomic mass is 10.0. The van der Waals surface area contributed by atoms with E-state index in [0.29, 0.717) is 22.6 Å². The summed E-state index contributed by atoms with van der Waals surface area (Å²) >= 11 is 0. The first kappa shape index (κ1) is 19.0. The Labute approximate surface area is 165 Å². The molecule has 0 fully saturated rings. The second-order valence-electron chi connectivity index (χ2n) is 6.97. The summed E-state index contributed by atoms with van der Waals surface area (Å²) < 4.78 is 41.6. The second-order valence-corrected chi connectivity index (χ2v) is 6.97. The highest BCUT2D eigenvalue weighted by Crippen LogP contribution is 2.37. The molecular weight excluding hydrogens is 381 g/mol. The Balaban J connectivity index is 1.84. The maximum absolute atomic E-state index is 13.3. The van der Waals surface area contributed by atoms with Crippen molar-refractivity contribution in [2.75, 3.05) is 11.9 Å². The Morgan fingerprint density at radius 2 is 1.69 bits per heavy atom. The van der Waals surface area contributed by atoms with Crippen LogP contribution in [0.4, 0.5) is 18.9 Å². The van der Waals surface area contributed by atoms with Crippen molar-refractivity contribution in [1.82, 2.24) is 14.7 Å². The van der Waals surface area contributed by atoms with Crippen molar-refractivity contribution in [1.29, 1.82) is 0 Å². The molecule has 0 saturated heterocycles. The number of para-hydroxylation sites is 2. The molecule has 3 aromatic rings. The van der Waals surface area contributed by atoms with E-state index in [0.717, 1.165) is 10.6 Å². The fraction of sp³-hybridized carbons (Fsp3) is 0.238. The predicted octanol–water partition coefficient (Wildman–Crippen LogP) is 4.62. The van der Waals surface area contributed by atoms with Crippen LogP contribution in [0.15, 0.2) is 54.6 Å². The lowest BCUT2D eigenvalue weighted by Crippen LogP contribution is -2.47. The average Bonchev–Trinajstić information content (AvgIpc) is 2.98. The Morgan fingerprint density at radius 1 is 1.03 bits per heavy atom. The van der Waals surface area contributed by atoms with Crippen LogP contribution in [0.1, 0.15) is 33.5 Å². The number of aromatic nitrogens is 2. The molecule has 1 atom stereocenters. The molecule has 1 amide bonds. The lowest BCUT2D eigenvalue weighted by molar-refractivity contribution is -0.144. The van der Waals surface area contributed by atoms with Gasteiger partial charge in [-0.2, -0.15) is 18.3 Å². The Bertz CT molecular complexity index is 1060. The summed E-state index contributed by atoms with van der Waals surface area (Å²) in [4.78, 5) is 13.8. The molecule has 29 heavy (non-hydrogen) atoms. The average molecular weight is 400 g/mol. The van der Waals surface area contributed by atoms with Crippen molar-refractivity contribution in [3.05, 3.63) is 77.1 Å². The highest BCUT2D eigenvalue weighted by Gasteiger charge is 2.42. The molecule has 8 heteroatoms. The van der Waals surface area contributed by atoms with Gasteiger partial charge >= 0.3 is 6.18 Å². The number of carbonyl (C=O) groups excluding carboxylic acids is 1. The van der Waals surface area contributed by atoms with Gasteiger partial charge in [-0.25, -0.2) is 4.68 Å². The van der Waals surface area contributed by atoms with Crippen LogP contribution in [0.5, 0.6) is 0 Å². The van der Waals surface area contributed by atoms with E-state index < -0.39 is 24.8 Å². The van der Waals surface area contributed by atoms with Crippen LogP contribution < -0.4 is 5.32 Å². The Kier molecular flexibility index (Phi) is 4.56. The van der Waals surface area contributed by atoms with E-state index in [1.165, 1.54) is 6.07 Å². The number of hydrogen-bond donors (Lipinski definition) is 1. The van der Waals surface area contributed by atoms with E-state index in [1.807, 2.05) is 30.3 Å². The second kappa shape index (κ2) is 6.95. The number of nitrogens with zero attached hydrogens (tertiary/aromatic N) is 3. The minimum Gasteiger partial charge on any atom is -0.361 e. The molecule has 1 aromatic heterocycles. The first-order valence-corrected chi connectivity index (χ1v) is 9.11. The zero-order chi connectivity index (χ0) is 20.8. The third kappa shape index (κ3) is 3.46. The van der Waals surface area contributed by atoms with Crippen LogP contribution in [-0.4, -0.2) is 33.3 Å². The van der Waals surface area contributed by atoms with Crippen molar-refractivity contribution in [2.45, 2.75) is 26.2 Å². The first-order valence-electron chi connectivity index (χ1n) is 9.11. The van der Waals surface area contributed by atoms with E-state index in [9.17, 15) is 18.0 Å². The van der Waals surface area contributed by atoms with Crippen LogP contribution in [-0.2, 0) is 0 Å². The smallest absolute Gasteiger partial charge is 0.361 e. The number of carbonyl (C=O) groups is 1. The van der Waals surface area contributed by atoms with Gasteiger partial charge < -0.3 is 10.2 Å². The van der Waals surface area contributed by atoms with Gasteiger partial charge in [-0.3, -0.25) is 4.79 Å². The number of benzene rings is 2. The van der Waals surface area contributed by atoms with Crippen molar-refractivity contribution < 1.29 is 18.0 Å². The highest BCUT2D eigenvalue weighted by atomic mass is 19.4. The number of alkyl halides is 3. The van der Waals surface area contributed by atoms with E-state index in [2.05, 4.69) is 10.4 Å². The fourth-order valence-electron chi connectivity index (χ4n) is 3.75. The number of anilines is 1. The molecule has 5 nitrogen and oxygen atoms in total. The maximum Gasteiger partial charge on any atom is 0.406 e. The zero-order valence-corrected chi connectivity index (χ0v) is 15.9. The molecule has 1 aliphatic heterocycles. The molecule has 2 heterocycles. The lowest BCUT2D eigenvalue weighted by Gasteiger charge is -2.38. The van der Waals surface area contributed by atoms with Crippen LogP contribution in [0, 0.1) is 13.8 Å². The number of nitrogens with one attached hydrogen (secondary N) is 1. The number of hydrogen-bond acceptors (Lipinski definition) is 3. The number of halogens is 3. The Hall–Kier alpha value is -3.29. The number of rotatable bonds is 3. The van der Waals surface area contributed by atoms with Gasteiger partial charge in [-0.15, -0.1) is 0 Å². The first-order chi connectivity index (χ1) is 13.8. The quantitative estimate of drug-likeness (QED) is 0.698. The van der Waals surface area contributed by atoms with Crippen LogP contribution in [0.2, 0.25) is 0 Å². The van der Waals surface area contributed by atoms with Gasteiger partial charge in [-0.05, 0) is 38.1 Å².